The molecular weight excluding hydrogens is 192 g/mol. The van der Waals surface area contributed by atoms with Crippen LogP contribution in [0, 0.1) is 0 Å². The predicted octanol–water partition coefficient (Wildman–Crippen LogP) is 1.99. The number of nitrogens with two attached hydrogens (primary N) is 1. The Morgan fingerprint density at radius 2 is 2.36 bits per heavy atom. The number of anilines is 2. The minimum absolute atomic E-state index is 0.953. The van der Waals surface area contributed by atoms with Gasteiger partial charge in [0, 0.05) is 35.8 Å². The molecule has 0 saturated carbocycles. The van der Waals surface area contributed by atoms with Crippen LogP contribution in [0.2, 0.25) is 0 Å². The number of nitrogens with zero attached hydrogens (tertiary/aromatic N) is 1. The number of hydrogen-bond donors (Lipinski definition) is 1. The van der Waals surface area contributed by atoms with Gasteiger partial charge >= 0.3 is 0 Å². The highest BCUT2D eigenvalue weighted by Gasteiger charge is 2.19. The zero-order valence-corrected chi connectivity index (χ0v) is 9.31. The third-order valence-electron chi connectivity index (χ3n) is 2.73. The summed E-state index contributed by atoms with van der Waals surface area (Å²) < 4.78 is 0. The monoisotopic (exact) mass is 208 g/mol. The molecule has 1 aromatic rings. The lowest BCUT2D eigenvalue weighted by Gasteiger charge is -2.18. The number of thioether (sulfide) groups is 1. The molecule has 0 saturated heterocycles. The van der Waals surface area contributed by atoms with E-state index in [1.54, 1.807) is 0 Å². The first-order chi connectivity index (χ1) is 6.83. The van der Waals surface area contributed by atoms with Crippen molar-refractivity contribution in [2.24, 2.45) is 0 Å². The van der Waals surface area contributed by atoms with Crippen molar-refractivity contribution in [1.82, 2.24) is 0 Å². The van der Waals surface area contributed by atoms with Crippen molar-refractivity contribution in [3.63, 3.8) is 0 Å². The van der Waals surface area contributed by atoms with E-state index in [0.717, 1.165) is 25.2 Å². The molecule has 0 spiro atoms. The average Bonchev–Trinajstić information content (AvgIpc) is 2.60. The Kier molecular flexibility index (Phi) is 2.87. The van der Waals surface area contributed by atoms with Crippen LogP contribution < -0.4 is 10.6 Å². The van der Waals surface area contributed by atoms with Gasteiger partial charge in [0.2, 0.25) is 0 Å². The number of fused-ring (bicyclic) bond motifs is 1. The van der Waals surface area contributed by atoms with Gasteiger partial charge in [-0.15, -0.1) is 0 Å². The van der Waals surface area contributed by atoms with Crippen molar-refractivity contribution < 1.29 is 0 Å². The number of benzene rings is 1. The summed E-state index contributed by atoms with van der Waals surface area (Å²) >= 11 is 1.89. The molecule has 1 aliphatic heterocycles. The molecule has 0 radical (unpaired) electrons. The molecule has 3 heteroatoms. The summed E-state index contributed by atoms with van der Waals surface area (Å²) in [7, 11) is 0. The topological polar surface area (TPSA) is 29.3 Å². The van der Waals surface area contributed by atoms with Crippen LogP contribution in [0.4, 0.5) is 11.4 Å². The summed E-state index contributed by atoms with van der Waals surface area (Å²) in [6.07, 6.45) is 3.26. The Hall–Kier alpha value is -0.830. The average molecular weight is 208 g/mol. The van der Waals surface area contributed by atoms with Gasteiger partial charge in [-0.2, -0.15) is 11.8 Å². The molecule has 0 aliphatic carbocycles. The zero-order chi connectivity index (χ0) is 9.97. The van der Waals surface area contributed by atoms with Crippen LogP contribution >= 0.6 is 11.8 Å². The fourth-order valence-corrected chi connectivity index (χ4v) is 2.36. The molecule has 0 fully saturated rings. The van der Waals surface area contributed by atoms with Gasteiger partial charge in [0.05, 0.1) is 0 Å². The Morgan fingerprint density at radius 1 is 1.50 bits per heavy atom. The first-order valence-corrected chi connectivity index (χ1v) is 6.33. The highest BCUT2D eigenvalue weighted by Crippen LogP contribution is 2.31. The second-order valence-electron chi connectivity index (χ2n) is 3.57. The van der Waals surface area contributed by atoms with Gasteiger partial charge in [-0.05, 0) is 24.8 Å². The van der Waals surface area contributed by atoms with Crippen molar-refractivity contribution in [3.8, 4) is 0 Å². The van der Waals surface area contributed by atoms with Crippen LogP contribution in [-0.4, -0.2) is 25.1 Å². The van der Waals surface area contributed by atoms with E-state index in [0.29, 0.717) is 0 Å². The van der Waals surface area contributed by atoms with E-state index in [9.17, 15) is 0 Å². The van der Waals surface area contributed by atoms with Crippen LogP contribution in [0.1, 0.15) is 5.56 Å². The Bertz CT molecular complexity index is 325. The van der Waals surface area contributed by atoms with Crippen LogP contribution in [0.15, 0.2) is 18.2 Å². The van der Waals surface area contributed by atoms with Gasteiger partial charge in [-0.1, -0.05) is 6.07 Å². The molecule has 0 aromatic heterocycles. The molecular formula is C11H16N2S. The summed E-state index contributed by atoms with van der Waals surface area (Å²) in [5, 5.41) is 0. The maximum absolute atomic E-state index is 5.93. The highest BCUT2D eigenvalue weighted by molar-refractivity contribution is 7.98. The molecule has 2 N–H and O–H groups in total. The van der Waals surface area contributed by atoms with Gasteiger partial charge < -0.3 is 10.6 Å². The summed E-state index contributed by atoms with van der Waals surface area (Å²) in [6, 6.07) is 6.22. The molecule has 0 unspecified atom stereocenters. The molecule has 1 aromatic carbocycles. The smallest absolute Gasteiger partial charge is 0.0420 e. The molecule has 1 heterocycles. The normalized spacial score (nSPS) is 14.5. The van der Waals surface area contributed by atoms with E-state index in [1.807, 2.05) is 23.9 Å². The van der Waals surface area contributed by atoms with Crippen LogP contribution in [0.25, 0.3) is 0 Å². The van der Waals surface area contributed by atoms with E-state index in [2.05, 4.69) is 17.2 Å². The van der Waals surface area contributed by atoms with Crippen molar-refractivity contribution in [3.05, 3.63) is 23.8 Å². The highest BCUT2D eigenvalue weighted by atomic mass is 32.2. The minimum atomic E-state index is 0.953. The Morgan fingerprint density at radius 3 is 3.14 bits per heavy atom. The van der Waals surface area contributed by atoms with Gasteiger partial charge in [-0.3, -0.25) is 0 Å². The minimum Gasteiger partial charge on any atom is -0.398 e. The Labute approximate surface area is 89.5 Å². The van der Waals surface area contributed by atoms with Gasteiger partial charge in [0.25, 0.3) is 0 Å². The van der Waals surface area contributed by atoms with Crippen molar-refractivity contribution in [1.29, 1.82) is 0 Å². The fourth-order valence-electron chi connectivity index (χ4n) is 1.96. The van der Waals surface area contributed by atoms with Crippen LogP contribution in [0.5, 0.6) is 0 Å². The summed E-state index contributed by atoms with van der Waals surface area (Å²) in [5.41, 5.74) is 9.57. The molecule has 0 bridgehead atoms. The molecule has 14 heavy (non-hydrogen) atoms. The second kappa shape index (κ2) is 4.13. The molecule has 2 rings (SSSR count). The maximum atomic E-state index is 5.93. The van der Waals surface area contributed by atoms with E-state index < -0.39 is 0 Å². The van der Waals surface area contributed by atoms with Crippen LogP contribution in [0.3, 0.4) is 0 Å². The van der Waals surface area contributed by atoms with E-state index >= 15 is 0 Å². The van der Waals surface area contributed by atoms with Crippen molar-refractivity contribution in [2.45, 2.75) is 6.42 Å². The second-order valence-corrected chi connectivity index (χ2v) is 4.56. The molecule has 1 aliphatic rings. The SMILES string of the molecule is CSCCN1CCc2c(N)cccc21. The third-order valence-corrected chi connectivity index (χ3v) is 3.32. The number of hydrogen-bond acceptors (Lipinski definition) is 3. The predicted molar refractivity (Wildman–Crippen MR) is 65.2 cm³/mol. The summed E-state index contributed by atoms with van der Waals surface area (Å²) in [6.45, 7) is 2.27. The zero-order valence-electron chi connectivity index (χ0n) is 8.49. The fraction of sp³-hybridized carbons (Fsp3) is 0.455. The number of nitrogen functional groups attached to an aromatic ring is 1. The maximum Gasteiger partial charge on any atom is 0.0420 e. The first kappa shape index (κ1) is 9.71. The molecule has 0 atom stereocenters. The van der Waals surface area contributed by atoms with Crippen molar-refractivity contribution >= 4 is 23.1 Å². The van der Waals surface area contributed by atoms with Crippen molar-refractivity contribution in [2.75, 3.05) is 35.7 Å². The lowest BCUT2D eigenvalue weighted by atomic mass is 10.1. The lowest BCUT2D eigenvalue weighted by molar-refractivity contribution is 0.874. The quantitative estimate of drug-likeness (QED) is 0.770. The van der Waals surface area contributed by atoms with Gasteiger partial charge in [0.15, 0.2) is 0 Å². The third kappa shape index (κ3) is 1.69. The molecule has 0 amide bonds. The number of rotatable bonds is 3. The largest absolute Gasteiger partial charge is 0.398 e. The van der Waals surface area contributed by atoms with E-state index in [4.69, 9.17) is 5.73 Å². The summed E-state index contributed by atoms with van der Waals surface area (Å²) in [4.78, 5) is 2.43. The molecule has 2 nitrogen and oxygen atoms in total. The van der Waals surface area contributed by atoms with E-state index in [-0.39, 0.29) is 0 Å². The van der Waals surface area contributed by atoms with Gasteiger partial charge in [0.1, 0.15) is 0 Å². The van der Waals surface area contributed by atoms with Gasteiger partial charge in [-0.25, -0.2) is 0 Å². The molecule has 76 valence electrons. The Balaban J connectivity index is 2.18. The first-order valence-electron chi connectivity index (χ1n) is 4.94. The standard InChI is InChI=1S/C11H16N2S/c1-14-8-7-13-6-5-9-10(12)3-2-4-11(9)13/h2-4H,5-8,12H2,1H3. The van der Waals surface area contributed by atoms with Crippen LogP contribution in [-0.2, 0) is 6.42 Å². The van der Waals surface area contributed by atoms with E-state index in [1.165, 1.54) is 17.0 Å². The summed E-state index contributed by atoms with van der Waals surface area (Å²) in [5.74, 6) is 1.19. The lowest BCUT2D eigenvalue weighted by Crippen LogP contribution is -2.23.